The van der Waals surface area contributed by atoms with E-state index in [2.05, 4.69) is 5.32 Å². The molecule has 2 N–H and O–H groups in total. The number of fused-ring (bicyclic) bond motifs is 1. The standard InChI is InChI=1S/C11H11NO2/c13-11(6-12-7-11)10-5-8-3-1-2-4-9(8)14-10/h1-5,12-13H,6-7H2. The van der Waals surface area contributed by atoms with E-state index in [-0.39, 0.29) is 0 Å². The third kappa shape index (κ3) is 0.997. The predicted molar refractivity (Wildman–Crippen MR) is 53.0 cm³/mol. The summed E-state index contributed by atoms with van der Waals surface area (Å²) in [7, 11) is 0. The van der Waals surface area contributed by atoms with Gasteiger partial charge in [-0.2, -0.15) is 0 Å². The maximum atomic E-state index is 10.0. The Bertz CT molecular complexity index is 438. The maximum absolute atomic E-state index is 10.0. The van der Waals surface area contributed by atoms with Gasteiger partial charge in [-0.05, 0) is 12.1 Å². The molecule has 0 bridgehead atoms. The molecule has 1 aliphatic rings. The van der Waals surface area contributed by atoms with Gasteiger partial charge in [-0.15, -0.1) is 0 Å². The van der Waals surface area contributed by atoms with Gasteiger partial charge in [0.2, 0.25) is 0 Å². The van der Waals surface area contributed by atoms with Crippen molar-refractivity contribution in [3.63, 3.8) is 0 Å². The van der Waals surface area contributed by atoms with Gasteiger partial charge in [0.05, 0.1) is 0 Å². The van der Waals surface area contributed by atoms with Crippen LogP contribution in [0.3, 0.4) is 0 Å². The quantitative estimate of drug-likeness (QED) is 0.709. The SMILES string of the molecule is OC1(c2cc3ccccc3o2)CNC1. The van der Waals surface area contributed by atoms with Gasteiger partial charge >= 0.3 is 0 Å². The van der Waals surface area contributed by atoms with E-state index in [0.29, 0.717) is 18.8 Å². The lowest BCUT2D eigenvalue weighted by molar-refractivity contribution is -0.0320. The number of hydrogen-bond donors (Lipinski definition) is 2. The second-order valence-corrected chi connectivity index (χ2v) is 3.78. The van der Waals surface area contributed by atoms with Crippen molar-refractivity contribution in [1.29, 1.82) is 0 Å². The van der Waals surface area contributed by atoms with E-state index in [9.17, 15) is 5.11 Å². The first kappa shape index (κ1) is 8.03. The number of nitrogens with one attached hydrogen (secondary N) is 1. The summed E-state index contributed by atoms with van der Waals surface area (Å²) in [5, 5.41) is 14.1. The van der Waals surface area contributed by atoms with Crippen LogP contribution in [0.1, 0.15) is 5.76 Å². The lowest BCUT2D eigenvalue weighted by Crippen LogP contribution is -2.56. The van der Waals surface area contributed by atoms with Crippen LogP contribution in [0, 0.1) is 0 Å². The fraction of sp³-hybridized carbons (Fsp3) is 0.273. The molecular weight excluding hydrogens is 178 g/mol. The lowest BCUT2D eigenvalue weighted by atomic mass is 9.94. The average Bonchev–Trinajstić information content (AvgIpc) is 2.57. The van der Waals surface area contributed by atoms with Crippen LogP contribution in [0.5, 0.6) is 0 Å². The normalized spacial score (nSPS) is 19.5. The second-order valence-electron chi connectivity index (χ2n) is 3.78. The smallest absolute Gasteiger partial charge is 0.147 e. The molecule has 0 unspecified atom stereocenters. The van der Waals surface area contributed by atoms with Crippen LogP contribution >= 0.6 is 0 Å². The van der Waals surface area contributed by atoms with Crippen LogP contribution in [0.15, 0.2) is 34.7 Å². The molecule has 0 amide bonds. The van der Waals surface area contributed by atoms with E-state index in [1.165, 1.54) is 0 Å². The van der Waals surface area contributed by atoms with Crippen molar-refractivity contribution < 1.29 is 9.52 Å². The Kier molecular flexibility index (Phi) is 1.48. The van der Waals surface area contributed by atoms with Gasteiger partial charge in [0.25, 0.3) is 0 Å². The van der Waals surface area contributed by atoms with Crippen LogP contribution in [0.25, 0.3) is 11.0 Å². The van der Waals surface area contributed by atoms with E-state index in [1.807, 2.05) is 30.3 Å². The fourth-order valence-electron chi connectivity index (χ4n) is 1.75. The molecule has 3 heteroatoms. The van der Waals surface area contributed by atoms with Crippen LogP contribution in [0.4, 0.5) is 0 Å². The van der Waals surface area contributed by atoms with Gasteiger partial charge in [0.1, 0.15) is 16.9 Å². The first-order valence-corrected chi connectivity index (χ1v) is 4.70. The first-order chi connectivity index (χ1) is 6.78. The summed E-state index contributed by atoms with van der Waals surface area (Å²) in [6.07, 6.45) is 0. The molecule has 2 heterocycles. The minimum absolute atomic E-state index is 0.576. The second kappa shape index (κ2) is 2.59. The molecule has 0 saturated carbocycles. The Balaban J connectivity index is 2.14. The molecule has 3 nitrogen and oxygen atoms in total. The molecule has 1 aromatic heterocycles. The van der Waals surface area contributed by atoms with Crippen molar-refractivity contribution in [2.75, 3.05) is 13.1 Å². The first-order valence-electron chi connectivity index (χ1n) is 4.70. The van der Waals surface area contributed by atoms with Crippen LogP contribution in [0.2, 0.25) is 0 Å². The average molecular weight is 189 g/mol. The summed E-state index contributed by atoms with van der Waals surface area (Å²) >= 11 is 0. The molecule has 1 aromatic carbocycles. The zero-order valence-electron chi connectivity index (χ0n) is 7.66. The number of rotatable bonds is 1. The van der Waals surface area contributed by atoms with Crippen LogP contribution < -0.4 is 5.32 Å². The Morgan fingerprint density at radius 2 is 2.07 bits per heavy atom. The number of para-hydroxylation sites is 1. The van der Waals surface area contributed by atoms with Crippen molar-refractivity contribution in [3.05, 3.63) is 36.1 Å². The molecular formula is C11H11NO2. The Morgan fingerprint density at radius 1 is 1.29 bits per heavy atom. The molecule has 1 fully saturated rings. The van der Waals surface area contributed by atoms with E-state index in [1.54, 1.807) is 0 Å². The van der Waals surface area contributed by atoms with Gasteiger partial charge in [-0.3, -0.25) is 0 Å². The highest BCUT2D eigenvalue weighted by Crippen LogP contribution is 2.30. The van der Waals surface area contributed by atoms with Crippen molar-refractivity contribution in [1.82, 2.24) is 5.32 Å². The Hall–Kier alpha value is -1.32. The molecule has 14 heavy (non-hydrogen) atoms. The van der Waals surface area contributed by atoms with Crippen molar-refractivity contribution in [3.8, 4) is 0 Å². The van der Waals surface area contributed by atoms with Crippen molar-refractivity contribution in [2.24, 2.45) is 0 Å². The molecule has 2 aromatic rings. The maximum Gasteiger partial charge on any atom is 0.147 e. The largest absolute Gasteiger partial charge is 0.458 e. The van der Waals surface area contributed by atoms with Crippen molar-refractivity contribution >= 4 is 11.0 Å². The molecule has 0 spiro atoms. The summed E-state index contributed by atoms with van der Waals surface area (Å²) in [6.45, 7) is 1.15. The topological polar surface area (TPSA) is 45.4 Å². The number of β-amino-alcohol motifs (C(OH)–C–C–N with tert-alkyl or cyclic N) is 1. The zero-order chi connectivity index (χ0) is 9.60. The van der Waals surface area contributed by atoms with Gasteiger partial charge in [0.15, 0.2) is 0 Å². The highest BCUT2D eigenvalue weighted by Gasteiger charge is 2.39. The molecule has 0 aliphatic carbocycles. The van der Waals surface area contributed by atoms with Crippen LogP contribution in [-0.2, 0) is 5.60 Å². The van der Waals surface area contributed by atoms with E-state index in [0.717, 1.165) is 11.0 Å². The number of benzene rings is 1. The number of furan rings is 1. The highest BCUT2D eigenvalue weighted by atomic mass is 16.4. The lowest BCUT2D eigenvalue weighted by Gasteiger charge is -2.35. The van der Waals surface area contributed by atoms with Gasteiger partial charge in [0, 0.05) is 18.5 Å². The van der Waals surface area contributed by atoms with Gasteiger partial charge in [-0.25, -0.2) is 0 Å². The molecule has 1 saturated heterocycles. The minimum Gasteiger partial charge on any atom is -0.458 e. The molecule has 3 rings (SSSR count). The Morgan fingerprint density at radius 3 is 2.71 bits per heavy atom. The van der Waals surface area contributed by atoms with Gasteiger partial charge < -0.3 is 14.8 Å². The summed E-state index contributed by atoms with van der Waals surface area (Å²) in [6, 6.07) is 9.70. The highest BCUT2D eigenvalue weighted by molar-refractivity contribution is 5.78. The Labute approximate surface area is 81.3 Å². The summed E-state index contributed by atoms with van der Waals surface area (Å²) < 4.78 is 5.58. The molecule has 0 atom stereocenters. The third-order valence-corrected chi connectivity index (χ3v) is 2.72. The molecule has 1 aliphatic heterocycles. The summed E-state index contributed by atoms with van der Waals surface area (Å²) in [5.74, 6) is 0.664. The van der Waals surface area contributed by atoms with E-state index < -0.39 is 5.60 Å². The fourth-order valence-corrected chi connectivity index (χ4v) is 1.75. The zero-order valence-corrected chi connectivity index (χ0v) is 7.66. The molecule has 72 valence electrons. The summed E-state index contributed by atoms with van der Waals surface area (Å²) in [5.41, 5.74) is 0.0433. The van der Waals surface area contributed by atoms with Gasteiger partial charge in [-0.1, -0.05) is 18.2 Å². The molecule has 0 radical (unpaired) electrons. The number of hydrogen-bond acceptors (Lipinski definition) is 3. The third-order valence-electron chi connectivity index (χ3n) is 2.72. The van der Waals surface area contributed by atoms with Crippen molar-refractivity contribution in [2.45, 2.75) is 5.60 Å². The predicted octanol–water partition coefficient (Wildman–Crippen LogP) is 1.22. The minimum atomic E-state index is -0.793. The van der Waals surface area contributed by atoms with Crippen LogP contribution in [-0.4, -0.2) is 18.2 Å². The van der Waals surface area contributed by atoms with E-state index in [4.69, 9.17) is 4.42 Å². The number of aliphatic hydroxyl groups is 1. The monoisotopic (exact) mass is 189 g/mol. The summed E-state index contributed by atoms with van der Waals surface area (Å²) in [4.78, 5) is 0. The van der Waals surface area contributed by atoms with E-state index >= 15 is 0 Å².